The Morgan fingerprint density at radius 3 is 2.81 bits per heavy atom. The van der Waals surface area contributed by atoms with Gasteiger partial charge in [-0.05, 0) is 48.9 Å². The van der Waals surface area contributed by atoms with Gasteiger partial charge in [-0.25, -0.2) is 4.68 Å². The van der Waals surface area contributed by atoms with Crippen LogP contribution in [0.2, 0.25) is 10.0 Å². The number of nitrogens with one attached hydrogen (secondary N) is 1. The smallest absolute Gasteiger partial charge is 0.279 e. The highest BCUT2D eigenvalue weighted by Gasteiger charge is 2.24. The number of anilines is 1. The highest BCUT2D eigenvalue weighted by atomic mass is 35.5. The zero-order chi connectivity index (χ0) is 19.1. The fraction of sp³-hybridized carbons (Fsp3) is 0.333. The van der Waals surface area contributed by atoms with Gasteiger partial charge in [0.2, 0.25) is 5.91 Å². The average Bonchev–Trinajstić information content (AvgIpc) is 2.94. The van der Waals surface area contributed by atoms with Crippen LogP contribution < -0.4 is 10.9 Å². The van der Waals surface area contributed by atoms with E-state index in [1.807, 2.05) is 0 Å². The van der Waals surface area contributed by atoms with Crippen LogP contribution in [0.5, 0.6) is 0 Å². The Morgan fingerprint density at radius 2 is 2.07 bits per heavy atom. The van der Waals surface area contributed by atoms with E-state index in [0.717, 1.165) is 29.5 Å². The van der Waals surface area contributed by atoms with Gasteiger partial charge in [-0.15, -0.1) is 16.4 Å². The molecule has 1 aliphatic carbocycles. The van der Waals surface area contributed by atoms with Gasteiger partial charge in [0, 0.05) is 20.6 Å². The van der Waals surface area contributed by atoms with Gasteiger partial charge >= 0.3 is 0 Å². The Balaban J connectivity index is 1.61. The number of rotatable bonds is 3. The van der Waals surface area contributed by atoms with Gasteiger partial charge in [-0.2, -0.15) is 0 Å². The van der Waals surface area contributed by atoms with Gasteiger partial charge in [-0.1, -0.05) is 35.3 Å². The molecule has 4 rings (SSSR count). The summed E-state index contributed by atoms with van der Waals surface area (Å²) in [4.78, 5) is 27.1. The molecule has 0 unspecified atom stereocenters. The average molecular weight is 423 g/mol. The second-order valence-corrected chi connectivity index (χ2v) is 8.75. The molecule has 1 amide bonds. The number of aryl methyl sites for hydroxylation is 1. The summed E-state index contributed by atoms with van der Waals surface area (Å²) in [5, 5.41) is 12.2. The van der Waals surface area contributed by atoms with Crippen molar-refractivity contribution < 1.29 is 4.79 Å². The van der Waals surface area contributed by atoms with Gasteiger partial charge in [0.1, 0.15) is 6.54 Å². The fourth-order valence-corrected chi connectivity index (χ4v) is 5.20. The lowest BCUT2D eigenvalue weighted by Gasteiger charge is -2.17. The summed E-state index contributed by atoms with van der Waals surface area (Å²) in [6.07, 6.45) is 2.88. The van der Waals surface area contributed by atoms with E-state index >= 15 is 0 Å². The quantitative estimate of drug-likeness (QED) is 0.693. The van der Waals surface area contributed by atoms with Crippen molar-refractivity contribution >= 4 is 56.3 Å². The number of thiophene rings is 1. The number of fused-ring (bicyclic) bond motifs is 3. The molecule has 2 heterocycles. The minimum atomic E-state index is -0.401. The topological polar surface area (TPSA) is 76.9 Å². The molecule has 0 spiro atoms. The fourth-order valence-electron chi connectivity index (χ4n) is 3.36. The minimum absolute atomic E-state index is 0.229. The maximum absolute atomic E-state index is 12.9. The summed E-state index contributed by atoms with van der Waals surface area (Å²) in [5.41, 5.74) is 1.26. The van der Waals surface area contributed by atoms with E-state index in [2.05, 4.69) is 22.6 Å². The molecule has 0 fully saturated rings. The molecule has 27 heavy (non-hydrogen) atoms. The molecular formula is C18H16Cl2N4O2S. The summed E-state index contributed by atoms with van der Waals surface area (Å²) in [7, 11) is 0. The summed E-state index contributed by atoms with van der Waals surface area (Å²) in [6, 6.07) is 4.74. The Morgan fingerprint density at radius 1 is 1.33 bits per heavy atom. The highest BCUT2D eigenvalue weighted by Crippen LogP contribution is 2.35. The third kappa shape index (κ3) is 3.72. The van der Waals surface area contributed by atoms with E-state index in [9.17, 15) is 9.59 Å². The Kier molecular flexibility index (Phi) is 4.92. The van der Waals surface area contributed by atoms with Crippen molar-refractivity contribution in [1.29, 1.82) is 0 Å². The standard InChI is InChI=1S/C18H16Cl2N4O2S/c1-9-2-3-13-14(4-9)27-17-16(13)18(26)24(23-22-17)8-15(25)21-12-6-10(19)5-11(20)7-12/h5-7,9H,2-4,8H2,1H3,(H,21,25)/t9-/m1/s1. The maximum Gasteiger partial charge on any atom is 0.279 e. The van der Waals surface area contributed by atoms with Gasteiger partial charge < -0.3 is 5.32 Å². The first kappa shape index (κ1) is 18.4. The molecule has 0 bridgehead atoms. The number of hydrogen-bond donors (Lipinski definition) is 1. The van der Waals surface area contributed by atoms with Crippen molar-refractivity contribution in [3.63, 3.8) is 0 Å². The predicted octanol–water partition coefficient (Wildman–Crippen LogP) is 3.92. The molecule has 140 valence electrons. The van der Waals surface area contributed by atoms with Gasteiger partial charge in [0.05, 0.1) is 5.39 Å². The van der Waals surface area contributed by atoms with Crippen LogP contribution in [0.25, 0.3) is 10.2 Å². The molecule has 0 saturated carbocycles. The molecule has 0 radical (unpaired) electrons. The van der Waals surface area contributed by atoms with Crippen LogP contribution in [0.3, 0.4) is 0 Å². The second-order valence-electron chi connectivity index (χ2n) is 6.79. The molecule has 3 aromatic rings. The molecule has 0 aliphatic heterocycles. The Hall–Kier alpha value is -1.96. The monoisotopic (exact) mass is 422 g/mol. The number of aromatic nitrogens is 3. The van der Waals surface area contributed by atoms with E-state index < -0.39 is 5.91 Å². The van der Waals surface area contributed by atoms with Crippen LogP contribution in [0, 0.1) is 5.92 Å². The molecule has 1 aromatic carbocycles. The van der Waals surface area contributed by atoms with Crippen molar-refractivity contribution in [1.82, 2.24) is 15.0 Å². The second kappa shape index (κ2) is 7.22. The Labute approximate surface area is 169 Å². The lowest BCUT2D eigenvalue weighted by molar-refractivity contribution is -0.117. The predicted molar refractivity (Wildman–Crippen MR) is 108 cm³/mol. The maximum atomic E-state index is 12.9. The SMILES string of the molecule is C[C@@H]1CCc2c(sc3nnn(CC(=O)Nc4cc(Cl)cc(Cl)c4)c(=O)c23)C1. The van der Waals surface area contributed by atoms with E-state index in [1.165, 1.54) is 16.2 Å². The summed E-state index contributed by atoms with van der Waals surface area (Å²) < 4.78 is 1.11. The number of nitrogens with zero attached hydrogens (tertiary/aromatic N) is 3. The molecule has 6 nitrogen and oxygen atoms in total. The van der Waals surface area contributed by atoms with Crippen molar-refractivity contribution in [3.8, 4) is 0 Å². The van der Waals surface area contributed by atoms with Crippen molar-refractivity contribution in [3.05, 3.63) is 49.0 Å². The number of carbonyl (C=O) groups excluding carboxylic acids is 1. The number of carbonyl (C=O) groups is 1. The summed E-state index contributed by atoms with van der Waals surface area (Å²) in [6.45, 7) is 1.98. The number of benzene rings is 1. The summed E-state index contributed by atoms with van der Waals surface area (Å²) >= 11 is 13.4. The normalized spacial score (nSPS) is 16.3. The van der Waals surface area contributed by atoms with Gasteiger partial charge in [0.25, 0.3) is 5.56 Å². The van der Waals surface area contributed by atoms with Crippen LogP contribution >= 0.6 is 34.5 Å². The molecule has 9 heteroatoms. The van der Waals surface area contributed by atoms with Crippen molar-refractivity contribution in [2.45, 2.75) is 32.7 Å². The van der Waals surface area contributed by atoms with Gasteiger partial charge in [-0.3, -0.25) is 9.59 Å². The number of hydrogen-bond acceptors (Lipinski definition) is 5. The molecule has 2 aromatic heterocycles. The van der Waals surface area contributed by atoms with Crippen molar-refractivity contribution in [2.24, 2.45) is 5.92 Å². The largest absolute Gasteiger partial charge is 0.324 e. The van der Waals surface area contributed by atoms with Gasteiger partial charge in [0.15, 0.2) is 4.83 Å². The first-order valence-electron chi connectivity index (χ1n) is 8.54. The van der Waals surface area contributed by atoms with E-state index in [1.54, 1.807) is 18.2 Å². The third-order valence-electron chi connectivity index (χ3n) is 4.62. The highest BCUT2D eigenvalue weighted by molar-refractivity contribution is 7.18. The molecule has 1 aliphatic rings. The van der Waals surface area contributed by atoms with Crippen molar-refractivity contribution in [2.75, 3.05) is 5.32 Å². The lowest BCUT2D eigenvalue weighted by atomic mass is 9.89. The van der Waals surface area contributed by atoms with Crippen LogP contribution in [-0.2, 0) is 24.2 Å². The zero-order valence-corrected chi connectivity index (χ0v) is 16.8. The van der Waals surface area contributed by atoms with Crippen LogP contribution in [-0.4, -0.2) is 20.9 Å². The van der Waals surface area contributed by atoms with E-state index in [0.29, 0.717) is 31.9 Å². The number of amides is 1. The minimum Gasteiger partial charge on any atom is -0.324 e. The Bertz CT molecular complexity index is 1090. The molecule has 0 saturated heterocycles. The zero-order valence-electron chi connectivity index (χ0n) is 14.5. The first-order chi connectivity index (χ1) is 12.9. The number of halogens is 2. The van der Waals surface area contributed by atoms with E-state index in [4.69, 9.17) is 23.2 Å². The van der Waals surface area contributed by atoms with Crippen LogP contribution in [0.15, 0.2) is 23.0 Å². The molecular weight excluding hydrogens is 407 g/mol. The lowest BCUT2D eigenvalue weighted by Crippen LogP contribution is -2.30. The van der Waals surface area contributed by atoms with E-state index in [-0.39, 0.29) is 12.1 Å². The third-order valence-corrected chi connectivity index (χ3v) is 6.20. The molecule has 1 atom stereocenters. The summed E-state index contributed by atoms with van der Waals surface area (Å²) in [5.74, 6) is 0.206. The van der Waals surface area contributed by atoms with Crippen LogP contribution in [0.4, 0.5) is 5.69 Å². The van der Waals surface area contributed by atoms with Crippen LogP contribution in [0.1, 0.15) is 23.8 Å². The molecule has 1 N–H and O–H groups in total. The first-order valence-corrected chi connectivity index (χ1v) is 10.1.